The van der Waals surface area contributed by atoms with Gasteiger partial charge in [-0.05, 0) is 78.5 Å². The molecule has 0 aliphatic carbocycles. The van der Waals surface area contributed by atoms with Gasteiger partial charge in [0, 0.05) is 18.5 Å². The zero-order valence-electron chi connectivity index (χ0n) is 20.2. The first-order valence-corrected chi connectivity index (χ1v) is 12.6. The number of rotatable bonds is 7. The molecule has 0 amide bonds. The van der Waals surface area contributed by atoms with Crippen LogP contribution in [0, 0.1) is 5.82 Å². The second-order valence-electron chi connectivity index (χ2n) is 9.52. The lowest BCUT2D eigenvalue weighted by atomic mass is 9.71. The minimum atomic E-state index is -4.49. The van der Waals surface area contributed by atoms with Gasteiger partial charge in [0.1, 0.15) is 0 Å². The Morgan fingerprint density at radius 2 is 1.58 bits per heavy atom. The highest BCUT2D eigenvalue weighted by atomic mass is 31.0. The van der Waals surface area contributed by atoms with E-state index in [2.05, 4.69) is 15.8 Å². The van der Waals surface area contributed by atoms with Crippen molar-refractivity contribution in [2.24, 2.45) is 0 Å². The Hall–Kier alpha value is -2.85. The van der Waals surface area contributed by atoms with E-state index in [1.807, 2.05) is 42.2 Å². The zero-order chi connectivity index (χ0) is 25.9. The highest BCUT2D eigenvalue weighted by molar-refractivity contribution is 7.27. The summed E-state index contributed by atoms with van der Waals surface area (Å²) in [6, 6.07) is 18.1. The number of halogens is 4. The number of likely N-dealkylation sites (tertiary alicyclic amines) is 1. The van der Waals surface area contributed by atoms with Crippen LogP contribution in [0.1, 0.15) is 48.4 Å². The van der Waals surface area contributed by atoms with E-state index in [-0.39, 0.29) is 5.75 Å². The second kappa shape index (κ2) is 10.6. The van der Waals surface area contributed by atoms with E-state index in [4.69, 9.17) is 4.74 Å². The summed E-state index contributed by atoms with van der Waals surface area (Å²) in [4.78, 5) is 1.99. The number of alkyl halides is 3. The second-order valence-corrected chi connectivity index (χ2v) is 10.2. The van der Waals surface area contributed by atoms with E-state index in [0.717, 1.165) is 44.0 Å². The van der Waals surface area contributed by atoms with Crippen LogP contribution in [0.4, 0.5) is 17.6 Å². The summed E-state index contributed by atoms with van der Waals surface area (Å²) >= 11 is 0. The zero-order valence-corrected chi connectivity index (χ0v) is 21.4. The van der Waals surface area contributed by atoms with Crippen molar-refractivity contribution >= 4 is 14.5 Å². The molecule has 4 rings (SSSR count). The minimum absolute atomic E-state index is 0.0143. The average Bonchev–Trinajstić information content (AvgIpc) is 2.85. The summed E-state index contributed by atoms with van der Waals surface area (Å²) in [5, 5.41) is 0.427. The van der Waals surface area contributed by atoms with Crippen LogP contribution >= 0.6 is 9.24 Å². The van der Waals surface area contributed by atoms with Crippen LogP contribution in [-0.4, -0.2) is 18.0 Å². The molecule has 1 aliphatic heterocycles. The third-order valence-electron chi connectivity index (χ3n) is 6.83. The number of ether oxygens (including phenoxy) is 1. The molecule has 0 spiro atoms. The molecule has 1 saturated heterocycles. The summed E-state index contributed by atoms with van der Waals surface area (Å²) in [5.41, 5.74) is 0.469. The lowest BCUT2D eigenvalue weighted by Crippen LogP contribution is -2.31. The lowest BCUT2D eigenvalue weighted by Gasteiger charge is -2.33. The van der Waals surface area contributed by atoms with Crippen molar-refractivity contribution in [3.63, 3.8) is 0 Å². The Balaban J connectivity index is 1.78. The fourth-order valence-electron chi connectivity index (χ4n) is 4.77. The van der Waals surface area contributed by atoms with Crippen molar-refractivity contribution in [3.8, 4) is 5.75 Å². The Morgan fingerprint density at radius 1 is 0.917 bits per heavy atom. The van der Waals surface area contributed by atoms with E-state index in [1.54, 1.807) is 18.2 Å². The van der Waals surface area contributed by atoms with Crippen molar-refractivity contribution in [3.05, 3.63) is 107 Å². The first-order valence-electron chi connectivity index (χ1n) is 12.0. The molecular weight excluding hydrogens is 485 g/mol. The molecule has 7 heteroatoms. The predicted octanol–water partition coefficient (Wildman–Crippen LogP) is 7.23. The van der Waals surface area contributed by atoms with Gasteiger partial charge >= 0.3 is 6.18 Å². The molecule has 2 atom stereocenters. The minimum Gasteiger partial charge on any atom is -0.439 e. The third-order valence-corrected chi connectivity index (χ3v) is 7.16. The van der Waals surface area contributed by atoms with Gasteiger partial charge in [-0.2, -0.15) is 13.2 Å². The highest BCUT2D eigenvalue weighted by Gasteiger charge is 2.36. The quantitative estimate of drug-likeness (QED) is 0.187. The summed E-state index contributed by atoms with van der Waals surface area (Å²) < 4.78 is 61.9. The summed E-state index contributed by atoms with van der Waals surface area (Å²) in [6.45, 7) is 7.47. The van der Waals surface area contributed by atoms with Crippen molar-refractivity contribution in [2.75, 3.05) is 13.1 Å². The topological polar surface area (TPSA) is 12.5 Å². The highest BCUT2D eigenvalue weighted by Crippen LogP contribution is 2.40. The molecule has 1 fully saturated rings. The molecule has 0 aromatic heterocycles. The molecule has 1 aliphatic rings. The maximum Gasteiger partial charge on any atom is 0.416 e. The Kier molecular flexibility index (Phi) is 7.75. The molecule has 2 nitrogen and oxygen atoms in total. The van der Waals surface area contributed by atoms with Gasteiger partial charge in [-0.15, -0.1) is 9.24 Å². The van der Waals surface area contributed by atoms with E-state index in [1.165, 1.54) is 12.1 Å². The predicted molar refractivity (Wildman–Crippen MR) is 139 cm³/mol. The number of benzene rings is 3. The van der Waals surface area contributed by atoms with Crippen LogP contribution in [0.3, 0.4) is 0 Å². The van der Waals surface area contributed by atoms with Crippen molar-refractivity contribution in [2.45, 2.75) is 44.2 Å². The first kappa shape index (κ1) is 26.2. The van der Waals surface area contributed by atoms with Crippen molar-refractivity contribution < 1.29 is 22.3 Å². The molecule has 0 bridgehead atoms. The Bertz CT molecular complexity index is 1220. The SMILES string of the molecule is C=C(Oc1cc([C@](C)(Cc2ccccc2)c2cc(P)cc(C(F)(F)F)c2)ccc1F)N1CCCCC1. The Morgan fingerprint density at radius 3 is 2.25 bits per heavy atom. The van der Waals surface area contributed by atoms with Crippen LogP contribution < -0.4 is 10.0 Å². The first-order chi connectivity index (χ1) is 17.1. The van der Waals surface area contributed by atoms with E-state index < -0.39 is 23.0 Å². The monoisotopic (exact) mass is 515 g/mol. The molecule has 0 saturated carbocycles. The molecule has 3 aromatic carbocycles. The fourth-order valence-corrected chi connectivity index (χ4v) is 5.13. The van der Waals surface area contributed by atoms with Crippen LogP contribution in [-0.2, 0) is 18.0 Å². The molecule has 0 radical (unpaired) electrons. The lowest BCUT2D eigenvalue weighted by molar-refractivity contribution is -0.137. The largest absolute Gasteiger partial charge is 0.439 e. The van der Waals surface area contributed by atoms with Crippen molar-refractivity contribution in [1.82, 2.24) is 4.90 Å². The summed E-state index contributed by atoms with van der Waals surface area (Å²) in [6.07, 6.45) is -0.893. The van der Waals surface area contributed by atoms with Gasteiger partial charge < -0.3 is 9.64 Å². The van der Waals surface area contributed by atoms with Gasteiger partial charge in [0.2, 0.25) is 0 Å². The molecule has 1 heterocycles. The molecule has 190 valence electrons. The molecule has 0 N–H and O–H groups in total. The van der Waals surface area contributed by atoms with Crippen molar-refractivity contribution in [1.29, 1.82) is 0 Å². The van der Waals surface area contributed by atoms with Gasteiger partial charge in [0.05, 0.1) is 5.56 Å². The molecule has 3 aromatic rings. The van der Waals surface area contributed by atoms with E-state index in [9.17, 15) is 17.6 Å². The fraction of sp³-hybridized carbons (Fsp3) is 0.310. The molecule has 1 unspecified atom stereocenters. The summed E-state index contributed by atoms with van der Waals surface area (Å²) in [7, 11) is 2.37. The van der Waals surface area contributed by atoms with Crippen LogP contribution in [0.25, 0.3) is 0 Å². The van der Waals surface area contributed by atoms with Crippen LogP contribution in [0.2, 0.25) is 0 Å². The molecular formula is C29H30F4NOP. The smallest absolute Gasteiger partial charge is 0.416 e. The maximum atomic E-state index is 14.9. The van der Waals surface area contributed by atoms with Gasteiger partial charge in [0.25, 0.3) is 0 Å². The van der Waals surface area contributed by atoms with E-state index in [0.29, 0.717) is 28.7 Å². The van der Waals surface area contributed by atoms with E-state index >= 15 is 0 Å². The van der Waals surface area contributed by atoms with Gasteiger partial charge in [-0.3, -0.25) is 0 Å². The van der Waals surface area contributed by atoms with Gasteiger partial charge in [-0.25, -0.2) is 4.39 Å². The normalized spacial score (nSPS) is 15.9. The number of hydrogen-bond acceptors (Lipinski definition) is 2. The average molecular weight is 516 g/mol. The van der Waals surface area contributed by atoms with Crippen LogP contribution in [0.15, 0.2) is 79.2 Å². The van der Waals surface area contributed by atoms with Gasteiger partial charge in [0.15, 0.2) is 17.4 Å². The third kappa shape index (κ3) is 5.92. The number of hydrogen-bond donors (Lipinski definition) is 0. The van der Waals surface area contributed by atoms with Crippen LogP contribution in [0.5, 0.6) is 5.75 Å². The van der Waals surface area contributed by atoms with Gasteiger partial charge in [-0.1, -0.05) is 49.4 Å². The number of nitrogens with zero attached hydrogens (tertiary/aromatic N) is 1. The number of piperidine rings is 1. The Labute approximate surface area is 212 Å². The summed E-state index contributed by atoms with van der Waals surface area (Å²) in [5.74, 6) is -0.156. The molecule has 36 heavy (non-hydrogen) atoms. The standard InChI is InChI=1S/C29H30F4NOP/c1-20(34-13-7-4-8-14-34)35-27-18-22(11-12-26(27)30)28(2,19-21-9-5-3-6-10-21)23-15-24(29(31,32)33)17-25(36)16-23/h3,5-6,9-12,15-18H,1,4,7-8,13-14,19,36H2,2H3/t28-/m0/s1. The maximum absolute atomic E-state index is 14.9.